The van der Waals surface area contributed by atoms with E-state index in [1.807, 2.05) is 10.9 Å². The summed E-state index contributed by atoms with van der Waals surface area (Å²) in [5.74, 6) is 0. The minimum absolute atomic E-state index is 0.197. The average molecular weight is 267 g/mol. The third kappa shape index (κ3) is 4.93. The molecule has 5 heteroatoms. The highest BCUT2D eigenvalue weighted by Gasteiger charge is 2.12. The van der Waals surface area contributed by atoms with Crippen LogP contribution in [0, 0.1) is 0 Å². The Morgan fingerprint density at radius 2 is 2.05 bits per heavy atom. The van der Waals surface area contributed by atoms with Gasteiger partial charge in [-0.15, -0.1) is 0 Å². The number of rotatable bonds is 9. The van der Waals surface area contributed by atoms with Gasteiger partial charge >= 0.3 is 0 Å². The van der Waals surface area contributed by atoms with Crippen LogP contribution < -0.4 is 11.1 Å². The Morgan fingerprint density at radius 3 is 2.53 bits per heavy atom. The Labute approximate surface area is 117 Å². The molecule has 1 aromatic rings. The minimum atomic E-state index is 0.197. The lowest BCUT2D eigenvalue weighted by molar-refractivity contribution is 0.297. The number of hydrogen-bond acceptors (Lipinski definition) is 4. The van der Waals surface area contributed by atoms with Crippen LogP contribution in [0.15, 0.2) is 12.4 Å². The van der Waals surface area contributed by atoms with E-state index >= 15 is 0 Å². The van der Waals surface area contributed by atoms with E-state index in [2.05, 4.69) is 49.2 Å². The summed E-state index contributed by atoms with van der Waals surface area (Å²) in [5.41, 5.74) is 7.04. The van der Waals surface area contributed by atoms with Crippen molar-refractivity contribution in [2.75, 3.05) is 32.7 Å². The predicted molar refractivity (Wildman–Crippen MR) is 80.2 cm³/mol. The summed E-state index contributed by atoms with van der Waals surface area (Å²) in [5, 5.41) is 7.89. The van der Waals surface area contributed by atoms with Crippen molar-refractivity contribution in [3.05, 3.63) is 18.0 Å². The van der Waals surface area contributed by atoms with E-state index < -0.39 is 0 Å². The molecule has 0 amide bonds. The quantitative estimate of drug-likeness (QED) is 0.710. The van der Waals surface area contributed by atoms with E-state index in [9.17, 15) is 0 Å². The highest BCUT2D eigenvalue weighted by Crippen LogP contribution is 2.13. The molecule has 1 atom stereocenters. The van der Waals surface area contributed by atoms with E-state index in [1.165, 1.54) is 5.56 Å². The highest BCUT2D eigenvalue weighted by atomic mass is 15.3. The van der Waals surface area contributed by atoms with Gasteiger partial charge in [-0.2, -0.15) is 5.10 Å². The van der Waals surface area contributed by atoms with Crippen LogP contribution in [0.3, 0.4) is 0 Å². The molecule has 0 aliphatic carbocycles. The van der Waals surface area contributed by atoms with Gasteiger partial charge in [0.15, 0.2) is 0 Å². The first-order valence-corrected chi connectivity index (χ1v) is 7.32. The molecule has 5 nitrogen and oxygen atoms in total. The molecule has 0 spiro atoms. The van der Waals surface area contributed by atoms with Crippen molar-refractivity contribution in [3.8, 4) is 0 Å². The van der Waals surface area contributed by atoms with Gasteiger partial charge in [0.25, 0.3) is 0 Å². The molecule has 0 saturated heterocycles. The maximum atomic E-state index is 5.86. The van der Waals surface area contributed by atoms with Gasteiger partial charge in [0, 0.05) is 43.5 Å². The molecule has 1 aromatic heterocycles. The maximum Gasteiger partial charge on any atom is 0.0538 e. The lowest BCUT2D eigenvalue weighted by Crippen LogP contribution is -2.36. The molecule has 0 fully saturated rings. The number of hydrogen-bond donors (Lipinski definition) is 2. The molecular formula is C14H29N5. The monoisotopic (exact) mass is 267 g/mol. The van der Waals surface area contributed by atoms with Gasteiger partial charge in [0.05, 0.1) is 6.20 Å². The standard InChI is InChI=1S/C14H29N5/c1-5-18(6-2)8-7-16-14(9-15)13-10-17-19(11-13)12(3)4/h10-12,14,16H,5-9,15H2,1-4H3. The summed E-state index contributed by atoms with van der Waals surface area (Å²) in [6, 6.07) is 0.589. The molecule has 3 N–H and O–H groups in total. The van der Waals surface area contributed by atoms with Gasteiger partial charge in [-0.1, -0.05) is 13.8 Å². The van der Waals surface area contributed by atoms with Crippen LogP contribution in [0.25, 0.3) is 0 Å². The molecule has 110 valence electrons. The second-order valence-electron chi connectivity index (χ2n) is 5.12. The molecule has 0 bridgehead atoms. The van der Waals surface area contributed by atoms with E-state index in [-0.39, 0.29) is 6.04 Å². The van der Waals surface area contributed by atoms with Crippen molar-refractivity contribution in [2.45, 2.75) is 39.8 Å². The summed E-state index contributed by atoms with van der Waals surface area (Å²) >= 11 is 0. The Morgan fingerprint density at radius 1 is 1.37 bits per heavy atom. The SMILES string of the molecule is CCN(CC)CCNC(CN)c1cnn(C(C)C)c1. The molecule has 0 aliphatic heterocycles. The molecular weight excluding hydrogens is 238 g/mol. The lowest BCUT2D eigenvalue weighted by Gasteiger charge is -2.21. The van der Waals surface area contributed by atoms with Crippen LogP contribution in [0.1, 0.15) is 45.3 Å². The topological polar surface area (TPSA) is 59.1 Å². The first kappa shape index (κ1) is 16.1. The van der Waals surface area contributed by atoms with E-state index in [0.717, 1.165) is 26.2 Å². The first-order valence-electron chi connectivity index (χ1n) is 7.32. The van der Waals surface area contributed by atoms with Crippen molar-refractivity contribution in [2.24, 2.45) is 5.73 Å². The minimum Gasteiger partial charge on any atom is -0.329 e. The van der Waals surface area contributed by atoms with Crippen LogP contribution in [-0.2, 0) is 0 Å². The van der Waals surface area contributed by atoms with E-state index in [0.29, 0.717) is 12.6 Å². The van der Waals surface area contributed by atoms with E-state index in [4.69, 9.17) is 5.73 Å². The normalized spacial score (nSPS) is 13.4. The Hall–Kier alpha value is -0.910. The first-order chi connectivity index (χ1) is 9.12. The zero-order chi connectivity index (χ0) is 14.3. The fraction of sp³-hybridized carbons (Fsp3) is 0.786. The van der Waals surface area contributed by atoms with Crippen LogP contribution in [-0.4, -0.2) is 47.4 Å². The fourth-order valence-corrected chi connectivity index (χ4v) is 2.09. The van der Waals surface area contributed by atoms with Crippen molar-refractivity contribution in [3.63, 3.8) is 0 Å². The van der Waals surface area contributed by atoms with Gasteiger partial charge in [-0.25, -0.2) is 0 Å². The molecule has 1 unspecified atom stereocenters. The van der Waals surface area contributed by atoms with Crippen molar-refractivity contribution in [1.82, 2.24) is 20.0 Å². The number of nitrogens with zero attached hydrogens (tertiary/aromatic N) is 3. The molecule has 1 rings (SSSR count). The Kier molecular flexibility index (Phi) is 7.05. The highest BCUT2D eigenvalue weighted by molar-refractivity contribution is 5.11. The lowest BCUT2D eigenvalue weighted by atomic mass is 10.1. The van der Waals surface area contributed by atoms with E-state index in [1.54, 1.807) is 0 Å². The molecule has 0 radical (unpaired) electrons. The van der Waals surface area contributed by atoms with Crippen molar-refractivity contribution < 1.29 is 0 Å². The third-order valence-electron chi connectivity index (χ3n) is 3.50. The smallest absolute Gasteiger partial charge is 0.0538 e. The largest absolute Gasteiger partial charge is 0.329 e. The van der Waals surface area contributed by atoms with Gasteiger partial charge in [-0.3, -0.25) is 4.68 Å². The predicted octanol–water partition coefficient (Wildman–Crippen LogP) is 1.40. The third-order valence-corrected chi connectivity index (χ3v) is 3.50. The zero-order valence-electron chi connectivity index (χ0n) is 12.8. The number of nitrogens with two attached hydrogens (primary N) is 1. The fourth-order valence-electron chi connectivity index (χ4n) is 2.09. The van der Waals surface area contributed by atoms with Crippen molar-refractivity contribution in [1.29, 1.82) is 0 Å². The summed E-state index contributed by atoms with van der Waals surface area (Å²) in [6.45, 7) is 13.4. The number of nitrogens with one attached hydrogen (secondary N) is 1. The molecule has 0 saturated carbocycles. The maximum absolute atomic E-state index is 5.86. The second-order valence-corrected chi connectivity index (χ2v) is 5.12. The Bertz CT molecular complexity index is 343. The van der Waals surface area contributed by atoms with Gasteiger partial charge < -0.3 is 16.0 Å². The molecule has 1 heterocycles. The summed E-state index contributed by atoms with van der Waals surface area (Å²) in [6.07, 6.45) is 4.01. The Balaban J connectivity index is 2.48. The van der Waals surface area contributed by atoms with Crippen LogP contribution in [0.2, 0.25) is 0 Å². The molecule has 0 aliphatic rings. The zero-order valence-corrected chi connectivity index (χ0v) is 12.8. The van der Waals surface area contributed by atoms with Crippen LogP contribution in [0.5, 0.6) is 0 Å². The molecule has 0 aromatic carbocycles. The summed E-state index contributed by atoms with van der Waals surface area (Å²) < 4.78 is 1.98. The van der Waals surface area contributed by atoms with Gasteiger partial charge in [0.2, 0.25) is 0 Å². The van der Waals surface area contributed by atoms with Crippen LogP contribution >= 0.6 is 0 Å². The van der Waals surface area contributed by atoms with Gasteiger partial charge in [-0.05, 0) is 26.9 Å². The van der Waals surface area contributed by atoms with Crippen molar-refractivity contribution >= 4 is 0 Å². The van der Waals surface area contributed by atoms with Crippen LogP contribution in [0.4, 0.5) is 0 Å². The number of aromatic nitrogens is 2. The van der Waals surface area contributed by atoms with Gasteiger partial charge in [0.1, 0.15) is 0 Å². The molecule has 19 heavy (non-hydrogen) atoms. The number of likely N-dealkylation sites (N-methyl/N-ethyl adjacent to an activating group) is 1. The summed E-state index contributed by atoms with van der Waals surface area (Å²) in [7, 11) is 0. The summed E-state index contributed by atoms with van der Waals surface area (Å²) in [4.78, 5) is 2.40. The second kappa shape index (κ2) is 8.30. The average Bonchev–Trinajstić information content (AvgIpc) is 2.89.